The van der Waals surface area contributed by atoms with Crippen LogP contribution in [-0.2, 0) is 23.9 Å². The Bertz CT molecular complexity index is 428. The lowest BCUT2D eigenvalue weighted by Crippen LogP contribution is -2.40. The van der Waals surface area contributed by atoms with Crippen molar-refractivity contribution in [3.8, 4) is 0 Å². The molecule has 21 heavy (non-hydrogen) atoms. The Balaban J connectivity index is 2.98. The molecule has 0 radical (unpaired) electrons. The number of carbonyl (C=O) groups is 3. The summed E-state index contributed by atoms with van der Waals surface area (Å²) in [7, 11) is -1.69. The van der Waals surface area contributed by atoms with Crippen LogP contribution in [0.5, 0.6) is 0 Å². The molecule has 4 atom stereocenters. The minimum absolute atomic E-state index is 0.00884. The maximum absolute atomic E-state index is 12.0. The van der Waals surface area contributed by atoms with Gasteiger partial charge in [-0.05, 0) is 5.54 Å². The Morgan fingerprint density at radius 2 is 1.76 bits per heavy atom. The highest BCUT2D eigenvalue weighted by molar-refractivity contribution is 6.77. The molecule has 1 rings (SSSR count). The van der Waals surface area contributed by atoms with E-state index in [0.717, 1.165) is 0 Å². The maximum atomic E-state index is 12.0. The largest absolute Gasteiger partial charge is 0.463 e. The fourth-order valence-electron chi connectivity index (χ4n) is 2.52. The fraction of sp³-hybridized carbons (Fsp3) is 0.786. The Kier molecular flexibility index (Phi) is 5.69. The SMILES string of the molecule is CC(C(=O)OCCO)C1C(=O)OC(=O)C1C(C)[Si](C)(C)C. The summed E-state index contributed by atoms with van der Waals surface area (Å²) in [6.07, 6.45) is 0. The van der Waals surface area contributed by atoms with Crippen LogP contribution < -0.4 is 0 Å². The lowest BCUT2D eigenvalue weighted by Gasteiger charge is -2.32. The summed E-state index contributed by atoms with van der Waals surface area (Å²) in [5.74, 6) is -3.94. The lowest BCUT2D eigenvalue weighted by molar-refractivity contribution is -0.158. The second-order valence-electron chi connectivity index (χ2n) is 6.63. The van der Waals surface area contributed by atoms with E-state index in [0.29, 0.717) is 0 Å². The molecule has 0 aliphatic carbocycles. The van der Waals surface area contributed by atoms with Crippen molar-refractivity contribution < 1.29 is 29.0 Å². The van der Waals surface area contributed by atoms with E-state index in [1.165, 1.54) is 0 Å². The van der Waals surface area contributed by atoms with Crippen molar-refractivity contribution in [2.75, 3.05) is 13.2 Å². The van der Waals surface area contributed by atoms with Crippen molar-refractivity contribution in [1.29, 1.82) is 0 Å². The first-order chi connectivity index (χ1) is 9.61. The van der Waals surface area contributed by atoms with Crippen molar-refractivity contribution in [2.45, 2.75) is 39.0 Å². The Morgan fingerprint density at radius 3 is 2.24 bits per heavy atom. The molecule has 4 unspecified atom stereocenters. The third-order valence-electron chi connectivity index (χ3n) is 4.28. The number of cyclic esters (lactones) is 2. The third-order valence-corrected chi connectivity index (χ3v) is 7.37. The molecule has 0 aromatic carbocycles. The number of carbonyl (C=O) groups excluding carboxylic acids is 3. The quantitative estimate of drug-likeness (QED) is 0.450. The summed E-state index contributed by atoms with van der Waals surface area (Å²) < 4.78 is 9.63. The van der Waals surface area contributed by atoms with Gasteiger partial charge in [0.25, 0.3) is 0 Å². The summed E-state index contributed by atoms with van der Waals surface area (Å²) in [4.78, 5) is 35.9. The Morgan fingerprint density at radius 1 is 1.24 bits per heavy atom. The molecule has 1 aliphatic heterocycles. The van der Waals surface area contributed by atoms with Gasteiger partial charge < -0.3 is 14.6 Å². The lowest BCUT2D eigenvalue weighted by atomic mass is 9.82. The van der Waals surface area contributed by atoms with Crippen LogP contribution in [0.25, 0.3) is 0 Å². The summed E-state index contributed by atoms with van der Waals surface area (Å²) >= 11 is 0. The molecule has 0 aromatic heterocycles. The van der Waals surface area contributed by atoms with Crippen molar-refractivity contribution >= 4 is 26.0 Å². The zero-order valence-corrected chi connectivity index (χ0v) is 14.2. The van der Waals surface area contributed by atoms with Crippen LogP contribution in [0.15, 0.2) is 0 Å². The molecular weight excluding hydrogens is 292 g/mol. The summed E-state index contributed by atoms with van der Waals surface area (Å²) in [5.41, 5.74) is 0.00884. The molecule has 1 heterocycles. The van der Waals surface area contributed by atoms with E-state index in [9.17, 15) is 14.4 Å². The van der Waals surface area contributed by atoms with E-state index in [1.54, 1.807) is 6.92 Å². The topological polar surface area (TPSA) is 89.9 Å². The normalized spacial score (nSPS) is 25.4. The monoisotopic (exact) mass is 316 g/mol. The standard InChI is InChI=1S/C14H24O6Si/c1-8(12(16)19-7-6-15)10-11(9(2)21(3,4)5)14(18)20-13(10)17/h8-11,15H,6-7H2,1-5H3. The van der Waals surface area contributed by atoms with Crippen LogP contribution in [0.1, 0.15) is 13.8 Å². The van der Waals surface area contributed by atoms with Gasteiger partial charge >= 0.3 is 17.9 Å². The summed E-state index contributed by atoms with van der Waals surface area (Å²) in [6.45, 7) is 9.44. The van der Waals surface area contributed by atoms with E-state index >= 15 is 0 Å². The Hall–Kier alpha value is -1.21. The van der Waals surface area contributed by atoms with Crippen molar-refractivity contribution in [1.82, 2.24) is 0 Å². The van der Waals surface area contributed by atoms with Crippen LogP contribution in [0.3, 0.4) is 0 Å². The van der Waals surface area contributed by atoms with Gasteiger partial charge in [-0.1, -0.05) is 33.5 Å². The smallest absolute Gasteiger partial charge is 0.318 e. The van der Waals surface area contributed by atoms with Crippen molar-refractivity contribution in [2.24, 2.45) is 17.8 Å². The number of aliphatic hydroxyl groups is 1. The van der Waals surface area contributed by atoms with Gasteiger partial charge in [-0.15, -0.1) is 0 Å². The minimum Gasteiger partial charge on any atom is -0.463 e. The second kappa shape index (κ2) is 6.70. The molecular formula is C14H24O6Si. The molecule has 0 bridgehead atoms. The molecule has 120 valence electrons. The first kappa shape index (κ1) is 17.8. The molecule has 0 amide bonds. The average molecular weight is 316 g/mol. The number of rotatable bonds is 6. The molecule has 1 aliphatic rings. The van der Waals surface area contributed by atoms with Gasteiger partial charge in [0.05, 0.1) is 24.4 Å². The van der Waals surface area contributed by atoms with E-state index in [4.69, 9.17) is 14.6 Å². The van der Waals surface area contributed by atoms with Gasteiger partial charge in [0, 0.05) is 8.07 Å². The van der Waals surface area contributed by atoms with Crippen molar-refractivity contribution in [3.63, 3.8) is 0 Å². The van der Waals surface area contributed by atoms with Crippen LogP contribution in [-0.4, -0.2) is 44.3 Å². The molecule has 7 heteroatoms. The van der Waals surface area contributed by atoms with Gasteiger partial charge in [0.1, 0.15) is 6.61 Å². The number of aliphatic hydroxyl groups excluding tert-OH is 1. The fourth-order valence-corrected chi connectivity index (χ4v) is 3.94. The van der Waals surface area contributed by atoms with Crippen LogP contribution in [0.4, 0.5) is 0 Å². The molecule has 1 N–H and O–H groups in total. The highest BCUT2D eigenvalue weighted by Gasteiger charge is 2.53. The van der Waals surface area contributed by atoms with Gasteiger partial charge in [-0.2, -0.15) is 0 Å². The number of hydrogen-bond acceptors (Lipinski definition) is 6. The van der Waals surface area contributed by atoms with Crippen LogP contribution in [0, 0.1) is 17.8 Å². The maximum Gasteiger partial charge on any atom is 0.318 e. The summed E-state index contributed by atoms with van der Waals surface area (Å²) in [5, 5.41) is 8.69. The highest BCUT2D eigenvalue weighted by Crippen LogP contribution is 2.42. The minimum atomic E-state index is -1.69. The van der Waals surface area contributed by atoms with Crippen molar-refractivity contribution in [3.05, 3.63) is 0 Å². The van der Waals surface area contributed by atoms with Gasteiger partial charge in [-0.25, -0.2) is 0 Å². The van der Waals surface area contributed by atoms with E-state index in [-0.39, 0.29) is 18.8 Å². The molecule has 0 saturated carbocycles. The third kappa shape index (κ3) is 3.91. The highest BCUT2D eigenvalue weighted by atomic mass is 28.3. The first-order valence-electron chi connectivity index (χ1n) is 7.14. The molecule has 1 saturated heterocycles. The van der Waals surface area contributed by atoms with E-state index < -0.39 is 43.7 Å². The number of esters is 3. The zero-order chi connectivity index (χ0) is 16.4. The molecule has 6 nitrogen and oxygen atoms in total. The Labute approximate surface area is 125 Å². The van der Waals surface area contributed by atoms with Crippen LogP contribution in [0.2, 0.25) is 25.2 Å². The number of hydrogen-bond donors (Lipinski definition) is 1. The molecule has 1 fully saturated rings. The molecule has 0 aromatic rings. The molecule has 0 spiro atoms. The summed E-state index contributed by atoms with van der Waals surface area (Å²) in [6, 6.07) is 0. The van der Waals surface area contributed by atoms with Gasteiger partial charge in [0.2, 0.25) is 0 Å². The van der Waals surface area contributed by atoms with Gasteiger partial charge in [-0.3, -0.25) is 14.4 Å². The van der Waals surface area contributed by atoms with Gasteiger partial charge in [0.15, 0.2) is 0 Å². The van der Waals surface area contributed by atoms with Crippen LogP contribution >= 0.6 is 0 Å². The number of ether oxygens (including phenoxy) is 2. The predicted octanol–water partition coefficient (Wildman–Crippen LogP) is 1.20. The first-order valence-corrected chi connectivity index (χ1v) is 10.7. The predicted molar refractivity (Wildman–Crippen MR) is 78.1 cm³/mol. The second-order valence-corrected chi connectivity index (χ2v) is 12.3. The van der Waals surface area contributed by atoms with E-state index in [1.807, 2.05) is 6.92 Å². The zero-order valence-electron chi connectivity index (χ0n) is 13.2. The average Bonchev–Trinajstić information content (AvgIpc) is 2.67. The van der Waals surface area contributed by atoms with E-state index in [2.05, 4.69) is 19.6 Å².